The normalized spacial score (nSPS) is 12.3. The van der Waals surface area contributed by atoms with Crippen LogP contribution in [0.25, 0.3) is 10.9 Å². The molecule has 0 aliphatic heterocycles. The minimum atomic E-state index is -3.51. The number of aryl methyl sites for hydroxylation is 1. The number of hydrogen-bond donors (Lipinski definition) is 3. The molecule has 0 fully saturated rings. The second-order valence-electron chi connectivity index (χ2n) is 9.55. The van der Waals surface area contributed by atoms with Crippen molar-refractivity contribution in [3.63, 3.8) is 0 Å². The van der Waals surface area contributed by atoms with Crippen molar-refractivity contribution >= 4 is 43.9 Å². The van der Waals surface area contributed by atoms with Gasteiger partial charge in [-0.3, -0.25) is 9.10 Å². The van der Waals surface area contributed by atoms with Crippen LogP contribution in [-0.2, 0) is 10.0 Å². The van der Waals surface area contributed by atoms with Gasteiger partial charge in [0, 0.05) is 29.6 Å². The third-order valence-corrected chi connectivity index (χ3v) is 7.47. The number of benzene rings is 3. The van der Waals surface area contributed by atoms with Crippen LogP contribution in [0.5, 0.6) is 5.88 Å². The van der Waals surface area contributed by atoms with Gasteiger partial charge in [-0.1, -0.05) is 6.07 Å². The van der Waals surface area contributed by atoms with Gasteiger partial charge in [-0.15, -0.1) is 0 Å². The number of H-pyrrole nitrogens is 1. The number of fused-ring (bicyclic) bond motifs is 1. The molecule has 4 N–H and O–H groups in total. The Hall–Kier alpha value is -4.22. The van der Waals surface area contributed by atoms with E-state index in [-0.39, 0.29) is 12.4 Å². The first-order valence-electron chi connectivity index (χ1n) is 12.1. The van der Waals surface area contributed by atoms with Crippen molar-refractivity contribution in [2.24, 2.45) is 10.7 Å². The lowest BCUT2D eigenvalue weighted by atomic mass is 9.95. The first kappa shape index (κ1) is 27.8. The van der Waals surface area contributed by atoms with E-state index in [2.05, 4.69) is 4.98 Å². The van der Waals surface area contributed by atoms with Crippen molar-refractivity contribution in [2.75, 3.05) is 37.7 Å². The Morgan fingerprint density at radius 2 is 1.74 bits per heavy atom. The molecule has 39 heavy (non-hydrogen) atoms. The Kier molecular flexibility index (Phi) is 7.75. The zero-order valence-electron chi connectivity index (χ0n) is 22.1. The fourth-order valence-corrected chi connectivity index (χ4v) is 5.25. The number of aromatic amines is 1. The minimum absolute atomic E-state index is 0.198. The van der Waals surface area contributed by atoms with Gasteiger partial charge in [-0.05, 0) is 81.2 Å². The molecule has 1 aromatic heterocycles. The number of nitrogens with two attached hydrogens (primary N) is 1. The number of carbonyl (C=O) groups is 1. The predicted octanol–water partition coefficient (Wildman–Crippen LogP) is 3.92. The summed E-state index contributed by atoms with van der Waals surface area (Å²) < 4.78 is 40.1. The Morgan fingerprint density at radius 1 is 1.05 bits per heavy atom. The van der Waals surface area contributed by atoms with Gasteiger partial charge in [0.15, 0.2) is 5.88 Å². The maximum Gasteiger partial charge on any atom is 0.248 e. The number of sulfonamides is 1. The van der Waals surface area contributed by atoms with Crippen molar-refractivity contribution < 1.29 is 22.7 Å². The second-order valence-corrected chi connectivity index (χ2v) is 11.5. The molecule has 4 rings (SSSR count). The van der Waals surface area contributed by atoms with Crippen LogP contribution in [0.3, 0.4) is 0 Å². The molecule has 1 amide bonds. The lowest BCUT2D eigenvalue weighted by Gasteiger charge is -2.24. The number of nitrogens with one attached hydrogen (secondary N) is 1. The molecule has 4 aromatic rings. The molecule has 204 valence electrons. The highest BCUT2D eigenvalue weighted by Gasteiger charge is 2.22. The zero-order valence-corrected chi connectivity index (χ0v) is 22.9. The molecule has 0 bridgehead atoms. The molecule has 0 aliphatic rings. The number of halogens is 1. The smallest absolute Gasteiger partial charge is 0.248 e. The Morgan fingerprint density at radius 3 is 2.33 bits per heavy atom. The van der Waals surface area contributed by atoms with Crippen LogP contribution in [-0.4, -0.2) is 68.5 Å². The topological polar surface area (TPSA) is 132 Å². The van der Waals surface area contributed by atoms with Gasteiger partial charge in [0.05, 0.1) is 34.4 Å². The molecule has 11 heteroatoms. The standard InChI is InChI=1S/C28H30FN5O4S/c1-17-15-18(27(30)35)5-11-22(17)26(25-23-12-6-19(29)16-24(23)32-28(25)36)31-20-7-9-21(10-8-20)34(39(4,37)38)14-13-33(2)3/h5-12,15-16,32,36H,13-14H2,1-4H3,(H2,30,35). The fraction of sp³-hybridized carbons (Fsp3) is 0.214. The highest BCUT2D eigenvalue weighted by molar-refractivity contribution is 7.92. The van der Waals surface area contributed by atoms with Gasteiger partial charge in [0.2, 0.25) is 15.9 Å². The van der Waals surface area contributed by atoms with Gasteiger partial charge < -0.3 is 20.7 Å². The maximum absolute atomic E-state index is 13.9. The number of anilines is 1. The van der Waals surface area contributed by atoms with Gasteiger partial charge in [-0.25, -0.2) is 17.8 Å². The molecular formula is C28H30FN5O4S. The summed E-state index contributed by atoms with van der Waals surface area (Å²) in [7, 11) is 0.222. The van der Waals surface area contributed by atoms with E-state index in [1.54, 1.807) is 55.5 Å². The Balaban J connectivity index is 1.86. The van der Waals surface area contributed by atoms with Crippen LogP contribution in [0.1, 0.15) is 27.0 Å². The van der Waals surface area contributed by atoms with Gasteiger partial charge in [0.1, 0.15) is 5.82 Å². The molecule has 0 aliphatic carbocycles. The average Bonchev–Trinajstić information content (AvgIpc) is 3.17. The summed E-state index contributed by atoms with van der Waals surface area (Å²) in [5.74, 6) is -1.24. The monoisotopic (exact) mass is 551 g/mol. The van der Waals surface area contributed by atoms with E-state index < -0.39 is 21.7 Å². The number of hydrogen-bond acceptors (Lipinski definition) is 6. The van der Waals surface area contributed by atoms with E-state index in [4.69, 9.17) is 10.7 Å². The molecule has 0 atom stereocenters. The summed E-state index contributed by atoms with van der Waals surface area (Å²) in [6.45, 7) is 2.61. The first-order chi connectivity index (χ1) is 18.3. The summed E-state index contributed by atoms with van der Waals surface area (Å²) in [6, 6.07) is 15.7. The highest BCUT2D eigenvalue weighted by atomic mass is 32.2. The van der Waals surface area contributed by atoms with E-state index in [1.807, 2.05) is 19.0 Å². The van der Waals surface area contributed by atoms with Gasteiger partial charge >= 0.3 is 0 Å². The number of aromatic nitrogens is 1. The number of amides is 1. The van der Waals surface area contributed by atoms with Crippen LogP contribution in [0, 0.1) is 12.7 Å². The number of primary amides is 1. The number of carbonyl (C=O) groups excluding carboxylic acids is 1. The van der Waals surface area contributed by atoms with E-state index in [1.165, 1.54) is 16.4 Å². The first-order valence-corrected chi connectivity index (χ1v) is 13.9. The fourth-order valence-electron chi connectivity index (χ4n) is 4.33. The molecular weight excluding hydrogens is 521 g/mol. The largest absolute Gasteiger partial charge is 0.494 e. The molecule has 0 radical (unpaired) electrons. The quantitative estimate of drug-likeness (QED) is 0.271. The molecule has 0 saturated heterocycles. The molecule has 1 heterocycles. The van der Waals surface area contributed by atoms with Gasteiger partial charge in [-0.2, -0.15) is 0 Å². The number of likely N-dealkylation sites (N-methyl/N-ethyl adjacent to an activating group) is 1. The summed E-state index contributed by atoms with van der Waals surface area (Å²) >= 11 is 0. The predicted molar refractivity (Wildman–Crippen MR) is 152 cm³/mol. The number of nitrogens with zero attached hydrogens (tertiary/aromatic N) is 3. The second kappa shape index (κ2) is 10.9. The van der Waals surface area contributed by atoms with Crippen LogP contribution in [0.4, 0.5) is 15.8 Å². The third kappa shape index (κ3) is 6.10. The van der Waals surface area contributed by atoms with Crippen LogP contribution >= 0.6 is 0 Å². The summed E-state index contributed by atoms with van der Waals surface area (Å²) in [5, 5.41) is 11.4. The van der Waals surface area contributed by atoms with E-state index >= 15 is 0 Å². The molecule has 9 nitrogen and oxygen atoms in total. The molecule has 3 aromatic carbocycles. The highest BCUT2D eigenvalue weighted by Crippen LogP contribution is 2.33. The minimum Gasteiger partial charge on any atom is -0.494 e. The van der Waals surface area contributed by atoms with E-state index in [0.717, 1.165) is 6.26 Å². The molecule has 0 unspecified atom stereocenters. The van der Waals surface area contributed by atoms with Crippen LogP contribution in [0.15, 0.2) is 65.7 Å². The van der Waals surface area contributed by atoms with Crippen LogP contribution < -0.4 is 10.0 Å². The van der Waals surface area contributed by atoms with Crippen molar-refractivity contribution in [2.45, 2.75) is 6.92 Å². The van der Waals surface area contributed by atoms with Crippen molar-refractivity contribution in [1.29, 1.82) is 0 Å². The molecule has 0 spiro atoms. The van der Waals surface area contributed by atoms with Crippen molar-refractivity contribution in [3.8, 4) is 5.88 Å². The average molecular weight is 552 g/mol. The van der Waals surface area contributed by atoms with Gasteiger partial charge in [0.25, 0.3) is 0 Å². The van der Waals surface area contributed by atoms with E-state index in [0.29, 0.717) is 56.8 Å². The summed E-state index contributed by atoms with van der Waals surface area (Å²) in [6.07, 6.45) is 1.16. The Bertz CT molecular complexity index is 1680. The zero-order chi connectivity index (χ0) is 28.5. The Labute approximate surface area is 226 Å². The SMILES string of the molecule is Cc1cc(C(N)=O)ccc1C(=Nc1ccc(N(CCN(C)C)S(C)(=O)=O)cc1)c1c(O)[nH]c2cc(F)ccc12. The van der Waals surface area contributed by atoms with Crippen molar-refractivity contribution in [3.05, 3.63) is 88.7 Å². The van der Waals surface area contributed by atoms with Crippen LogP contribution in [0.2, 0.25) is 0 Å². The number of aliphatic imine (C=N–C) groups is 1. The summed E-state index contributed by atoms with van der Waals surface area (Å²) in [5.41, 5.74) is 9.18. The third-order valence-electron chi connectivity index (χ3n) is 6.27. The van der Waals surface area contributed by atoms with E-state index in [9.17, 15) is 22.7 Å². The lowest BCUT2D eigenvalue weighted by Crippen LogP contribution is -2.35. The van der Waals surface area contributed by atoms with Crippen molar-refractivity contribution in [1.82, 2.24) is 9.88 Å². The number of rotatable bonds is 9. The summed E-state index contributed by atoms with van der Waals surface area (Å²) in [4.78, 5) is 21.2. The molecule has 0 saturated carbocycles. The lowest BCUT2D eigenvalue weighted by molar-refractivity contribution is 0.1000. The number of aromatic hydroxyl groups is 1. The maximum atomic E-state index is 13.9.